The Balaban J connectivity index is 1.11. The van der Waals surface area contributed by atoms with Crippen LogP contribution in [-0.2, 0) is 46.7 Å². The van der Waals surface area contributed by atoms with Gasteiger partial charge in [0.1, 0.15) is 17.8 Å². The molecule has 53 heavy (non-hydrogen) atoms. The highest BCUT2D eigenvalue weighted by Gasteiger charge is 2.87. The Labute approximate surface area is 313 Å². The van der Waals surface area contributed by atoms with E-state index in [0.29, 0.717) is 25.4 Å². The molecule has 9 rings (SSSR count). The normalized spacial score (nSPS) is 42.7. The minimum absolute atomic E-state index is 0.0942. The highest BCUT2D eigenvalue weighted by atomic mass is 16.7. The van der Waals surface area contributed by atoms with Crippen molar-refractivity contribution in [1.29, 1.82) is 0 Å². The molecule has 2 saturated carbocycles. The van der Waals surface area contributed by atoms with Crippen molar-refractivity contribution in [3.63, 3.8) is 0 Å². The largest absolute Gasteiger partial charge is 0.457 e. The number of allylic oxidation sites excluding steroid dienone is 1. The maximum atomic E-state index is 14.3. The number of carbonyl (C=O) groups excluding carboxylic acids is 2. The lowest BCUT2D eigenvalue weighted by molar-refractivity contribution is -0.284. The third-order valence-corrected chi connectivity index (χ3v) is 16.0. The minimum atomic E-state index is -1.24. The number of H-pyrrole nitrogens is 1. The van der Waals surface area contributed by atoms with Crippen LogP contribution in [0.1, 0.15) is 129 Å². The van der Waals surface area contributed by atoms with Gasteiger partial charge in [0.15, 0.2) is 17.5 Å². The number of ketones is 1. The van der Waals surface area contributed by atoms with Crippen molar-refractivity contribution in [3.8, 4) is 0 Å². The van der Waals surface area contributed by atoms with Gasteiger partial charge in [-0.1, -0.05) is 25.5 Å². The first-order valence-corrected chi connectivity index (χ1v) is 20.1. The zero-order valence-corrected chi connectivity index (χ0v) is 33.5. The Kier molecular flexibility index (Phi) is 7.38. The van der Waals surface area contributed by atoms with Gasteiger partial charge in [0.05, 0.1) is 35.4 Å². The molecule has 3 saturated heterocycles. The van der Waals surface area contributed by atoms with Crippen LogP contribution in [0.4, 0.5) is 0 Å². The first kappa shape index (κ1) is 36.1. The number of carbonyl (C=O) groups is 2. The summed E-state index contributed by atoms with van der Waals surface area (Å²) in [6, 6.07) is 4.13. The molecule has 0 bridgehead atoms. The van der Waals surface area contributed by atoms with E-state index in [1.807, 2.05) is 39.8 Å². The molecule has 0 radical (unpaired) electrons. The first-order valence-electron chi connectivity index (χ1n) is 20.1. The third-order valence-electron chi connectivity index (χ3n) is 16.0. The highest BCUT2D eigenvalue weighted by Crippen LogP contribution is 2.75. The van der Waals surface area contributed by atoms with Gasteiger partial charge in [0, 0.05) is 45.8 Å². The summed E-state index contributed by atoms with van der Waals surface area (Å²) in [6.07, 6.45) is 4.41. The van der Waals surface area contributed by atoms with Crippen LogP contribution in [0, 0.1) is 23.2 Å². The lowest BCUT2D eigenvalue weighted by Crippen LogP contribution is -2.77. The second-order valence-electron chi connectivity index (χ2n) is 20.0. The summed E-state index contributed by atoms with van der Waals surface area (Å²) >= 11 is 0. The fraction of sp³-hybridized carbons (Fsp3) is 0.727. The number of benzene rings is 1. The van der Waals surface area contributed by atoms with Crippen LogP contribution in [-0.4, -0.2) is 80.9 Å². The summed E-state index contributed by atoms with van der Waals surface area (Å²) in [5.41, 5.74) is 1.76. The van der Waals surface area contributed by atoms with Gasteiger partial charge < -0.3 is 33.8 Å². The van der Waals surface area contributed by atoms with Crippen molar-refractivity contribution in [2.24, 2.45) is 23.2 Å². The fourth-order valence-corrected chi connectivity index (χ4v) is 13.4. The number of nitrogens with one attached hydrogen (secondary N) is 1. The molecule has 0 amide bonds. The molecule has 288 valence electrons. The van der Waals surface area contributed by atoms with E-state index in [1.165, 1.54) is 23.6 Å². The maximum absolute atomic E-state index is 14.3. The molecule has 11 atom stereocenters. The Morgan fingerprint density at radius 1 is 1.02 bits per heavy atom. The number of fused-ring (bicyclic) bond motifs is 10. The van der Waals surface area contributed by atoms with Crippen LogP contribution in [0.5, 0.6) is 0 Å². The van der Waals surface area contributed by atoms with Crippen molar-refractivity contribution >= 4 is 22.7 Å². The fourth-order valence-electron chi connectivity index (χ4n) is 13.4. The molecule has 2 aromatic rings. The number of hydrogen-bond donors (Lipinski definition) is 2. The number of aliphatic hydroxyl groups is 1. The highest BCUT2D eigenvalue weighted by molar-refractivity contribution is 6.06. The van der Waals surface area contributed by atoms with E-state index >= 15 is 0 Å². The van der Waals surface area contributed by atoms with E-state index in [-0.39, 0.29) is 23.7 Å². The molecule has 1 spiro atoms. The zero-order valence-electron chi connectivity index (χ0n) is 33.5. The second kappa shape index (κ2) is 10.8. The summed E-state index contributed by atoms with van der Waals surface area (Å²) in [4.78, 5) is 30.9. The molecule has 1 aromatic carbocycles. The van der Waals surface area contributed by atoms with E-state index in [0.717, 1.165) is 47.9 Å². The minimum Gasteiger partial charge on any atom is -0.457 e. The van der Waals surface area contributed by atoms with Gasteiger partial charge in [0.25, 0.3) is 0 Å². The van der Waals surface area contributed by atoms with Crippen LogP contribution in [0.25, 0.3) is 10.9 Å². The van der Waals surface area contributed by atoms with Crippen LogP contribution >= 0.6 is 0 Å². The summed E-state index contributed by atoms with van der Waals surface area (Å²) in [7, 11) is 0. The molecule has 9 nitrogen and oxygen atoms in total. The smallest absolute Gasteiger partial charge is 0.303 e. The van der Waals surface area contributed by atoms with Crippen LogP contribution < -0.4 is 0 Å². The molecule has 2 N–H and O–H groups in total. The van der Waals surface area contributed by atoms with Gasteiger partial charge in [-0.15, -0.1) is 0 Å². The molecule has 4 heterocycles. The Hall–Kier alpha value is -2.56. The molecular formula is C44H59NO8. The van der Waals surface area contributed by atoms with Gasteiger partial charge in [0.2, 0.25) is 0 Å². The lowest BCUT2D eigenvalue weighted by Gasteiger charge is -2.66. The van der Waals surface area contributed by atoms with Crippen LogP contribution in [0.3, 0.4) is 0 Å². The van der Waals surface area contributed by atoms with Crippen LogP contribution in [0.15, 0.2) is 23.8 Å². The second-order valence-corrected chi connectivity index (χ2v) is 20.0. The molecule has 7 aliphatic rings. The predicted molar refractivity (Wildman–Crippen MR) is 200 cm³/mol. The molecule has 2 unspecified atom stereocenters. The monoisotopic (exact) mass is 729 g/mol. The summed E-state index contributed by atoms with van der Waals surface area (Å²) in [6.45, 7) is 22.9. The molecule has 1 aromatic heterocycles. The molecule has 4 aliphatic carbocycles. The number of ether oxygens (including phenoxy) is 5. The molecule has 5 fully saturated rings. The first-order chi connectivity index (χ1) is 24.6. The number of Topliss-reactive ketones (excluding diaryl/α,β-unsaturated/α-hetero) is 1. The Bertz CT molecular complexity index is 1970. The van der Waals surface area contributed by atoms with Crippen molar-refractivity contribution in [1.82, 2.24) is 4.98 Å². The van der Waals surface area contributed by atoms with E-state index in [4.69, 9.17) is 23.7 Å². The van der Waals surface area contributed by atoms with E-state index in [1.54, 1.807) is 0 Å². The number of epoxide rings is 1. The van der Waals surface area contributed by atoms with E-state index in [9.17, 15) is 14.7 Å². The van der Waals surface area contributed by atoms with Crippen molar-refractivity contribution in [2.45, 2.75) is 173 Å². The molecular weight excluding hydrogens is 670 g/mol. The summed E-state index contributed by atoms with van der Waals surface area (Å²) < 4.78 is 32.8. The number of aromatic nitrogens is 1. The average molecular weight is 730 g/mol. The average Bonchev–Trinajstić information content (AvgIpc) is 3.55. The Morgan fingerprint density at radius 3 is 2.45 bits per heavy atom. The predicted octanol–water partition coefficient (Wildman–Crippen LogP) is 7.08. The van der Waals surface area contributed by atoms with Gasteiger partial charge in [-0.05, 0) is 123 Å². The lowest BCUT2D eigenvalue weighted by atomic mass is 9.40. The van der Waals surface area contributed by atoms with Gasteiger partial charge in [-0.25, -0.2) is 0 Å². The van der Waals surface area contributed by atoms with Crippen molar-refractivity contribution < 1.29 is 38.4 Å². The van der Waals surface area contributed by atoms with E-state index < -0.39 is 63.1 Å². The number of esters is 1. The number of hydrogen-bond acceptors (Lipinski definition) is 8. The van der Waals surface area contributed by atoms with Crippen LogP contribution in [0.2, 0.25) is 0 Å². The zero-order chi connectivity index (χ0) is 38.1. The number of rotatable bonds is 5. The standard InChI is InChI=1S/C44H59NO8/c1-22(2)16-19-49-40(8,9)36-34(50-23(3)46)37-44(52-37)30(51-36)15-17-41(10)42(11)24(14-18-43(41,44)48)20-27-31-26-21-28-32(39(6,7)53-38(28,4)5)33(47)25(26)12-13-29(31)45-35(27)42/h12-13,16,24,28,30,32,34,36-37,45,48H,14-15,17-21H2,1-11H3/t24?,28-,30?,32+,34-,36+,37+,41-,42-,43+,44+/m1/s1. The topological polar surface area (TPSA) is 120 Å². The quantitative estimate of drug-likeness (QED) is 0.191. The SMILES string of the molecule is CC(=O)O[C@@H]1[C@@H](C(C)(C)OCC=C(C)C)OC2CC[C@@]3(C)[C@@](O)(CCC4Cc5c([nH]c6ccc7c(c56)C[C@@H]5[C@@H](C7=O)C(C)(C)OC5(C)C)[C@@]43C)[C@]23O[C@@H]13. The van der Waals surface area contributed by atoms with Crippen molar-refractivity contribution in [3.05, 3.63) is 46.2 Å². The summed E-state index contributed by atoms with van der Waals surface area (Å²) in [5.74, 6) is 0.0191. The van der Waals surface area contributed by atoms with Gasteiger partial charge in [-0.3, -0.25) is 9.59 Å². The van der Waals surface area contributed by atoms with Gasteiger partial charge >= 0.3 is 5.97 Å². The van der Waals surface area contributed by atoms with Gasteiger partial charge in [-0.2, -0.15) is 0 Å². The third kappa shape index (κ3) is 4.38. The molecule has 9 heteroatoms. The maximum Gasteiger partial charge on any atom is 0.303 e. The number of aromatic amines is 1. The summed E-state index contributed by atoms with van der Waals surface area (Å²) in [5, 5.41) is 14.7. The van der Waals surface area contributed by atoms with E-state index in [2.05, 4.69) is 52.6 Å². The molecule has 3 aliphatic heterocycles. The van der Waals surface area contributed by atoms with Crippen molar-refractivity contribution in [2.75, 3.05) is 6.61 Å². The Morgan fingerprint density at radius 2 is 1.75 bits per heavy atom.